The van der Waals surface area contributed by atoms with E-state index in [1.165, 1.54) is 0 Å². The maximum absolute atomic E-state index is 12.3. The average Bonchev–Trinajstić information content (AvgIpc) is 2.65. The van der Waals surface area contributed by atoms with Gasteiger partial charge >= 0.3 is 11.9 Å². The number of carbonyl (C=O) groups excluding carboxylic acids is 2. The highest BCUT2D eigenvalue weighted by molar-refractivity contribution is 5.74. The molecule has 0 atom stereocenters. The molecule has 0 N–H and O–H groups in total. The Morgan fingerprint density at radius 1 is 0.700 bits per heavy atom. The van der Waals surface area contributed by atoms with Gasteiger partial charge in [0.25, 0.3) is 0 Å². The molecule has 2 rings (SSSR count). The van der Waals surface area contributed by atoms with E-state index < -0.39 is 0 Å². The molecule has 2 aromatic rings. The highest BCUT2D eigenvalue weighted by Crippen LogP contribution is 2.29. The van der Waals surface area contributed by atoms with Crippen LogP contribution in [0.5, 0.6) is 11.5 Å². The minimum absolute atomic E-state index is 0.267. The van der Waals surface area contributed by atoms with Crippen LogP contribution in [0.1, 0.15) is 87.5 Å². The average molecular weight is 411 g/mol. The first-order valence-corrected chi connectivity index (χ1v) is 10.8. The molecule has 0 saturated carbocycles. The van der Waals surface area contributed by atoms with Gasteiger partial charge in [0.05, 0.1) is 0 Å². The van der Waals surface area contributed by atoms with Crippen LogP contribution in [0.2, 0.25) is 0 Å². The van der Waals surface area contributed by atoms with Crippen molar-refractivity contribution in [2.24, 2.45) is 0 Å². The van der Waals surface area contributed by atoms with Crippen LogP contribution >= 0.6 is 0 Å². The second-order valence-corrected chi connectivity index (χ2v) is 8.55. The van der Waals surface area contributed by atoms with Crippen LogP contribution in [0.3, 0.4) is 0 Å². The minimum Gasteiger partial charge on any atom is -0.426 e. The Morgan fingerprint density at radius 3 is 1.40 bits per heavy atom. The fourth-order valence-corrected chi connectivity index (χ4v) is 3.30. The number of unbranched alkanes of at least 4 members (excludes halogenated alkanes) is 1. The first kappa shape index (κ1) is 23.7. The number of benzene rings is 2. The van der Waals surface area contributed by atoms with E-state index in [1.54, 1.807) is 0 Å². The molecule has 0 saturated heterocycles. The van der Waals surface area contributed by atoms with Crippen molar-refractivity contribution in [1.29, 1.82) is 0 Å². The van der Waals surface area contributed by atoms with Gasteiger partial charge in [0.1, 0.15) is 11.5 Å². The molecule has 0 spiro atoms. The summed E-state index contributed by atoms with van der Waals surface area (Å²) in [6.45, 7) is 12.3. The van der Waals surface area contributed by atoms with Gasteiger partial charge in [-0.05, 0) is 72.9 Å². The summed E-state index contributed by atoms with van der Waals surface area (Å²) in [5, 5.41) is 0. The van der Waals surface area contributed by atoms with Crippen LogP contribution in [0.25, 0.3) is 0 Å². The molecule has 0 fully saturated rings. The van der Waals surface area contributed by atoms with E-state index in [-0.39, 0.29) is 36.6 Å². The molecule has 0 heterocycles. The molecule has 30 heavy (non-hydrogen) atoms. The van der Waals surface area contributed by atoms with Crippen LogP contribution in [-0.2, 0) is 9.59 Å². The summed E-state index contributed by atoms with van der Waals surface area (Å²) in [5.74, 6) is 1.29. The van der Waals surface area contributed by atoms with Crippen molar-refractivity contribution in [3.05, 3.63) is 58.7 Å². The molecule has 0 radical (unpaired) electrons. The van der Waals surface area contributed by atoms with Gasteiger partial charge in [-0.1, -0.05) is 52.0 Å². The third-order valence-corrected chi connectivity index (χ3v) is 5.04. The second kappa shape index (κ2) is 11.0. The van der Waals surface area contributed by atoms with Crippen LogP contribution in [0.15, 0.2) is 36.4 Å². The lowest BCUT2D eigenvalue weighted by Gasteiger charge is -2.14. The quantitative estimate of drug-likeness (QED) is 0.265. The maximum Gasteiger partial charge on any atom is 0.311 e. The van der Waals surface area contributed by atoms with E-state index in [4.69, 9.17) is 9.47 Å². The zero-order chi connectivity index (χ0) is 22.3. The smallest absolute Gasteiger partial charge is 0.311 e. The Labute approximate surface area is 180 Å². The molecular weight excluding hydrogens is 376 g/mol. The Morgan fingerprint density at radius 2 is 1.07 bits per heavy atom. The number of carbonyl (C=O) groups is 2. The van der Waals surface area contributed by atoms with E-state index in [9.17, 15) is 9.59 Å². The molecule has 4 nitrogen and oxygen atoms in total. The van der Waals surface area contributed by atoms with Crippen LogP contribution in [0.4, 0.5) is 0 Å². The molecular formula is C26H34O4. The zero-order valence-corrected chi connectivity index (χ0v) is 19.1. The third-order valence-electron chi connectivity index (χ3n) is 5.04. The largest absolute Gasteiger partial charge is 0.426 e. The van der Waals surface area contributed by atoms with Gasteiger partial charge in [0, 0.05) is 12.8 Å². The molecule has 0 unspecified atom stereocenters. The number of hydrogen-bond donors (Lipinski definition) is 0. The van der Waals surface area contributed by atoms with Crippen molar-refractivity contribution >= 4 is 11.9 Å². The summed E-state index contributed by atoms with van der Waals surface area (Å²) in [6, 6.07) is 11.9. The summed E-state index contributed by atoms with van der Waals surface area (Å²) in [5.41, 5.74) is 4.16. The Hall–Kier alpha value is -2.62. The molecule has 0 aromatic heterocycles. The van der Waals surface area contributed by atoms with Crippen molar-refractivity contribution in [3.8, 4) is 11.5 Å². The normalized spacial score (nSPS) is 11.1. The van der Waals surface area contributed by atoms with Crippen molar-refractivity contribution in [1.82, 2.24) is 0 Å². The van der Waals surface area contributed by atoms with E-state index >= 15 is 0 Å². The van der Waals surface area contributed by atoms with E-state index in [2.05, 4.69) is 27.7 Å². The maximum atomic E-state index is 12.3. The van der Waals surface area contributed by atoms with Gasteiger partial charge in [-0.25, -0.2) is 0 Å². The second-order valence-electron chi connectivity index (χ2n) is 8.55. The number of hydrogen-bond acceptors (Lipinski definition) is 4. The van der Waals surface area contributed by atoms with E-state index in [0.29, 0.717) is 24.3 Å². The summed E-state index contributed by atoms with van der Waals surface area (Å²) in [7, 11) is 0. The fraction of sp³-hybridized carbons (Fsp3) is 0.462. The number of aryl methyl sites for hydroxylation is 2. The summed E-state index contributed by atoms with van der Waals surface area (Å²) in [4.78, 5) is 24.5. The van der Waals surface area contributed by atoms with Crippen LogP contribution in [-0.4, -0.2) is 11.9 Å². The molecule has 4 heteroatoms. The van der Waals surface area contributed by atoms with Crippen molar-refractivity contribution < 1.29 is 19.1 Å². The lowest BCUT2D eigenvalue weighted by atomic mass is 10.0. The zero-order valence-electron chi connectivity index (χ0n) is 19.1. The van der Waals surface area contributed by atoms with Crippen molar-refractivity contribution in [2.45, 2.75) is 79.1 Å². The van der Waals surface area contributed by atoms with E-state index in [1.807, 2.05) is 50.2 Å². The van der Waals surface area contributed by atoms with Gasteiger partial charge in [-0.3, -0.25) is 9.59 Å². The molecule has 0 aliphatic carbocycles. The minimum atomic E-state index is -0.267. The number of esters is 2. The van der Waals surface area contributed by atoms with Gasteiger partial charge in [0.2, 0.25) is 0 Å². The fourth-order valence-electron chi connectivity index (χ4n) is 3.30. The summed E-state index contributed by atoms with van der Waals surface area (Å²) < 4.78 is 11.2. The van der Waals surface area contributed by atoms with Gasteiger partial charge in [-0.15, -0.1) is 0 Å². The highest BCUT2D eigenvalue weighted by atomic mass is 16.5. The van der Waals surface area contributed by atoms with E-state index in [0.717, 1.165) is 22.3 Å². The highest BCUT2D eigenvalue weighted by Gasteiger charge is 2.14. The summed E-state index contributed by atoms with van der Waals surface area (Å²) in [6.07, 6.45) is 1.73. The molecule has 2 aromatic carbocycles. The van der Waals surface area contributed by atoms with Gasteiger partial charge in [0.15, 0.2) is 0 Å². The SMILES string of the molecule is Cc1ccc(C(C)C)c(OC(=O)CCCCC(=O)Oc2cc(C)ccc2C(C)C)c1. The lowest BCUT2D eigenvalue weighted by Crippen LogP contribution is -2.12. The first-order valence-electron chi connectivity index (χ1n) is 10.8. The monoisotopic (exact) mass is 410 g/mol. The molecule has 0 aliphatic rings. The number of ether oxygens (including phenoxy) is 2. The third kappa shape index (κ3) is 7.01. The first-order chi connectivity index (χ1) is 14.2. The predicted molar refractivity (Wildman–Crippen MR) is 120 cm³/mol. The molecule has 162 valence electrons. The van der Waals surface area contributed by atoms with Crippen molar-refractivity contribution in [2.75, 3.05) is 0 Å². The lowest BCUT2D eigenvalue weighted by molar-refractivity contribution is -0.136. The Kier molecular flexibility index (Phi) is 8.64. The van der Waals surface area contributed by atoms with Gasteiger partial charge < -0.3 is 9.47 Å². The Balaban J connectivity index is 1.82. The van der Waals surface area contributed by atoms with Crippen LogP contribution in [0, 0.1) is 13.8 Å². The van der Waals surface area contributed by atoms with Gasteiger partial charge in [-0.2, -0.15) is 0 Å². The molecule has 0 aliphatic heterocycles. The Bertz CT molecular complexity index is 807. The predicted octanol–water partition coefficient (Wildman–Crippen LogP) is 6.62. The van der Waals surface area contributed by atoms with Crippen molar-refractivity contribution in [3.63, 3.8) is 0 Å². The number of rotatable bonds is 9. The molecule has 0 bridgehead atoms. The van der Waals surface area contributed by atoms with Crippen LogP contribution < -0.4 is 9.47 Å². The topological polar surface area (TPSA) is 52.6 Å². The molecule has 0 amide bonds. The summed E-state index contributed by atoms with van der Waals surface area (Å²) >= 11 is 0. The standard InChI is InChI=1S/C26H34O4/c1-17(2)21-13-11-19(5)15-23(21)29-25(27)9-7-8-10-26(28)30-24-16-20(6)12-14-22(24)18(3)4/h11-18H,7-10H2,1-6H3.